The first-order valence-corrected chi connectivity index (χ1v) is 6.99. The van der Waals surface area contributed by atoms with E-state index in [1.807, 2.05) is 38.1 Å². The second kappa shape index (κ2) is 6.71. The smallest absolute Gasteiger partial charge is 0.194 e. The lowest BCUT2D eigenvalue weighted by Gasteiger charge is -2.25. The lowest BCUT2D eigenvalue weighted by molar-refractivity contribution is 0.0240. The predicted octanol–water partition coefficient (Wildman–Crippen LogP) is 3.27. The van der Waals surface area contributed by atoms with Crippen molar-refractivity contribution in [1.82, 2.24) is 0 Å². The molecule has 0 amide bonds. The highest BCUT2D eigenvalue weighted by atomic mass is 16.3. The Labute approximate surface area is 116 Å². The number of aliphatic hydroxyl groups is 1. The van der Waals surface area contributed by atoms with Crippen LogP contribution < -0.4 is 4.90 Å². The van der Waals surface area contributed by atoms with Gasteiger partial charge in [-0.1, -0.05) is 26.7 Å². The summed E-state index contributed by atoms with van der Waals surface area (Å²) in [5, 5.41) is 10.5. The van der Waals surface area contributed by atoms with Gasteiger partial charge in [-0.2, -0.15) is 0 Å². The van der Waals surface area contributed by atoms with Crippen molar-refractivity contribution in [2.24, 2.45) is 0 Å². The van der Waals surface area contributed by atoms with Gasteiger partial charge in [0, 0.05) is 25.3 Å². The molecule has 106 valence electrons. The molecule has 3 nitrogen and oxygen atoms in total. The summed E-state index contributed by atoms with van der Waals surface area (Å²) < 4.78 is 0. The molecule has 0 aromatic heterocycles. The predicted molar refractivity (Wildman–Crippen MR) is 79.9 cm³/mol. The highest BCUT2D eigenvalue weighted by molar-refractivity contribution is 6.02. The number of unbranched alkanes of at least 4 members (excludes halogenated alkanes) is 1. The van der Waals surface area contributed by atoms with E-state index in [4.69, 9.17) is 0 Å². The fraction of sp³-hybridized carbons (Fsp3) is 0.562. The monoisotopic (exact) mass is 263 g/mol. The van der Waals surface area contributed by atoms with E-state index in [9.17, 15) is 9.90 Å². The third-order valence-corrected chi connectivity index (χ3v) is 3.60. The van der Waals surface area contributed by atoms with Gasteiger partial charge in [-0.3, -0.25) is 4.79 Å². The average molecular weight is 263 g/mol. The van der Waals surface area contributed by atoms with Crippen LogP contribution in [-0.2, 0) is 0 Å². The molecule has 0 spiro atoms. The van der Waals surface area contributed by atoms with Crippen molar-refractivity contribution in [3.8, 4) is 0 Å². The Morgan fingerprint density at radius 1 is 1.21 bits per heavy atom. The number of Topliss-reactive ketones (excluding diaryl/α,β-unsaturated/α-hetero) is 1. The van der Waals surface area contributed by atoms with Crippen molar-refractivity contribution in [2.75, 3.05) is 19.0 Å². The van der Waals surface area contributed by atoms with Crippen LogP contribution in [0.5, 0.6) is 0 Å². The Hall–Kier alpha value is -1.35. The summed E-state index contributed by atoms with van der Waals surface area (Å²) >= 11 is 0. The number of carbonyl (C=O) groups is 1. The third-order valence-electron chi connectivity index (χ3n) is 3.60. The first-order chi connectivity index (χ1) is 8.94. The Balaban J connectivity index is 2.91. The van der Waals surface area contributed by atoms with Crippen LogP contribution >= 0.6 is 0 Å². The van der Waals surface area contributed by atoms with Crippen LogP contribution in [0.4, 0.5) is 5.69 Å². The van der Waals surface area contributed by atoms with Gasteiger partial charge in [0.1, 0.15) is 5.60 Å². The molecule has 0 radical (unpaired) electrons. The molecule has 0 heterocycles. The molecule has 1 atom stereocenters. The molecule has 0 saturated carbocycles. The van der Waals surface area contributed by atoms with Crippen LogP contribution in [0.1, 0.15) is 49.9 Å². The fourth-order valence-electron chi connectivity index (χ4n) is 2.10. The van der Waals surface area contributed by atoms with Crippen LogP contribution in [0.25, 0.3) is 0 Å². The minimum atomic E-state index is -1.21. The molecule has 0 aliphatic heterocycles. The molecule has 1 rings (SSSR count). The first kappa shape index (κ1) is 15.7. The van der Waals surface area contributed by atoms with Crippen molar-refractivity contribution >= 4 is 11.5 Å². The Morgan fingerprint density at radius 2 is 1.79 bits per heavy atom. The minimum Gasteiger partial charge on any atom is -0.382 e. The minimum absolute atomic E-state index is 0.159. The van der Waals surface area contributed by atoms with Gasteiger partial charge in [0.05, 0.1) is 0 Å². The maximum Gasteiger partial charge on any atom is 0.194 e. The topological polar surface area (TPSA) is 40.5 Å². The molecular weight excluding hydrogens is 238 g/mol. The van der Waals surface area contributed by atoms with Gasteiger partial charge in [-0.25, -0.2) is 0 Å². The van der Waals surface area contributed by atoms with E-state index in [0.717, 1.165) is 18.5 Å². The van der Waals surface area contributed by atoms with E-state index < -0.39 is 5.60 Å². The third kappa shape index (κ3) is 3.80. The molecule has 0 bridgehead atoms. The van der Waals surface area contributed by atoms with Crippen molar-refractivity contribution in [1.29, 1.82) is 0 Å². The summed E-state index contributed by atoms with van der Waals surface area (Å²) in [7, 11) is 3.92. The largest absolute Gasteiger partial charge is 0.382 e. The molecule has 1 unspecified atom stereocenters. The highest BCUT2D eigenvalue weighted by Gasteiger charge is 2.33. The van der Waals surface area contributed by atoms with E-state index in [-0.39, 0.29) is 5.78 Å². The Kier molecular flexibility index (Phi) is 5.55. The van der Waals surface area contributed by atoms with Crippen molar-refractivity contribution in [3.63, 3.8) is 0 Å². The summed E-state index contributed by atoms with van der Waals surface area (Å²) in [6.07, 6.45) is 2.84. The van der Waals surface area contributed by atoms with Crippen LogP contribution in [0.2, 0.25) is 0 Å². The van der Waals surface area contributed by atoms with E-state index in [1.165, 1.54) is 0 Å². The molecule has 0 fully saturated rings. The summed E-state index contributed by atoms with van der Waals surface area (Å²) in [5.74, 6) is -0.159. The molecule has 0 saturated heterocycles. The van der Waals surface area contributed by atoms with Gasteiger partial charge in [-0.15, -0.1) is 0 Å². The number of anilines is 1. The summed E-state index contributed by atoms with van der Waals surface area (Å²) in [6.45, 7) is 3.92. The van der Waals surface area contributed by atoms with E-state index in [0.29, 0.717) is 18.4 Å². The number of rotatable bonds is 7. The highest BCUT2D eigenvalue weighted by Crippen LogP contribution is 2.24. The zero-order valence-electron chi connectivity index (χ0n) is 12.4. The molecule has 0 aliphatic carbocycles. The molecule has 3 heteroatoms. The van der Waals surface area contributed by atoms with E-state index in [1.54, 1.807) is 12.1 Å². The van der Waals surface area contributed by atoms with Crippen LogP contribution in [0, 0.1) is 0 Å². The summed E-state index contributed by atoms with van der Waals surface area (Å²) in [5.41, 5.74) is 0.423. The lowest BCUT2D eigenvalue weighted by Crippen LogP contribution is -2.38. The second-order valence-electron chi connectivity index (χ2n) is 5.26. The van der Waals surface area contributed by atoms with Crippen molar-refractivity contribution in [2.45, 2.75) is 45.1 Å². The van der Waals surface area contributed by atoms with Gasteiger partial charge >= 0.3 is 0 Å². The lowest BCUT2D eigenvalue weighted by atomic mass is 9.86. The number of nitrogens with zero attached hydrogens (tertiary/aromatic N) is 1. The standard InChI is InChI=1S/C16H25NO2/c1-5-7-12-16(19,6-2)15(18)13-8-10-14(11-9-13)17(3)4/h8-11,19H,5-7,12H2,1-4H3. The van der Waals surface area contributed by atoms with Crippen LogP contribution in [-0.4, -0.2) is 30.6 Å². The zero-order chi connectivity index (χ0) is 14.5. The van der Waals surface area contributed by atoms with Gasteiger partial charge in [-0.05, 0) is 37.1 Å². The SMILES string of the molecule is CCCCC(O)(CC)C(=O)c1ccc(N(C)C)cc1. The molecule has 19 heavy (non-hydrogen) atoms. The normalized spacial score (nSPS) is 13.9. The first-order valence-electron chi connectivity index (χ1n) is 6.99. The molecule has 0 aliphatic rings. The summed E-state index contributed by atoms with van der Waals surface area (Å²) in [6, 6.07) is 7.40. The van der Waals surface area contributed by atoms with Gasteiger partial charge in [0.15, 0.2) is 5.78 Å². The van der Waals surface area contributed by atoms with Gasteiger partial charge in [0.25, 0.3) is 0 Å². The van der Waals surface area contributed by atoms with Crippen molar-refractivity contribution < 1.29 is 9.90 Å². The Bertz CT molecular complexity index is 411. The maximum absolute atomic E-state index is 12.4. The molecular formula is C16H25NO2. The number of benzene rings is 1. The molecule has 1 aromatic rings. The number of hydrogen-bond donors (Lipinski definition) is 1. The fourth-order valence-corrected chi connectivity index (χ4v) is 2.10. The van der Waals surface area contributed by atoms with Crippen LogP contribution in [0.3, 0.4) is 0 Å². The average Bonchev–Trinajstić information content (AvgIpc) is 2.44. The zero-order valence-corrected chi connectivity index (χ0v) is 12.4. The quantitative estimate of drug-likeness (QED) is 0.768. The van der Waals surface area contributed by atoms with E-state index >= 15 is 0 Å². The van der Waals surface area contributed by atoms with Gasteiger partial charge in [0.2, 0.25) is 0 Å². The van der Waals surface area contributed by atoms with E-state index in [2.05, 4.69) is 6.92 Å². The van der Waals surface area contributed by atoms with Gasteiger partial charge < -0.3 is 10.0 Å². The van der Waals surface area contributed by atoms with Crippen LogP contribution in [0.15, 0.2) is 24.3 Å². The van der Waals surface area contributed by atoms with Crippen molar-refractivity contribution in [3.05, 3.63) is 29.8 Å². The summed E-state index contributed by atoms with van der Waals surface area (Å²) in [4.78, 5) is 14.4. The Morgan fingerprint density at radius 3 is 2.21 bits per heavy atom. The number of hydrogen-bond acceptors (Lipinski definition) is 3. The second-order valence-corrected chi connectivity index (χ2v) is 5.26. The number of carbonyl (C=O) groups excluding carboxylic acids is 1. The molecule has 1 N–H and O–H groups in total. The molecule has 1 aromatic carbocycles. The maximum atomic E-state index is 12.4. The number of ketones is 1.